The first kappa shape index (κ1) is 20.7. The summed E-state index contributed by atoms with van der Waals surface area (Å²) in [5, 5.41) is 1.23. The fourth-order valence-electron chi connectivity index (χ4n) is 3.18. The largest absolute Gasteiger partial charge is 0.493 e. The van der Waals surface area contributed by atoms with Crippen molar-refractivity contribution in [1.29, 1.82) is 0 Å². The van der Waals surface area contributed by atoms with Gasteiger partial charge in [0.1, 0.15) is 12.2 Å². The monoisotopic (exact) mass is 478 g/mol. The van der Waals surface area contributed by atoms with Crippen molar-refractivity contribution in [3.8, 4) is 11.5 Å². The fraction of sp³-hybridized carbons (Fsp3) is 0.0833. The molecule has 6 nitrogen and oxygen atoms in total. The van der Waals surface area contributed by atoms with E-state index in [4.69, 9.17) is 9.47 Å². The molecule has 1 fully saturated rings. The molecule has 31 heavy (non-hydrogen) atoms. The van der Waals surface area contributed by atoms with E-state index in [2.05, 4.69) is 21.4 Å². The summed E-state index contributed by atoms with van der Waals surface area (Å²) in [5.41, 5.74) is 4.87. The van der Waals surface area contributed by atoms with Crippen LogP contribution in [-0.4, -0.2) is 18.9 Å². The van der Waals surface area contributed by atoms with Crippen LogP contribution in [0.3, 0.4) is 0 Å². The van der Waals surface area contributed by atoms with E-state index in [1.165, 1.54) is 11.1 Å². The first-order valence-electron chi connectivity index (χ1n) is 9.53. The molecule has 0 unspecified atom stereocenters. The van der Waals surface area contributed by atoms with Gasteiger partial charge in [0.15, 0.2) is 11.5 Å². The zero-order valence-electron chi connectivity index (χ0n) is 16.7. The van der Waals surface area contributed by atoms with Gasteiger partial charge < -0.3 is 9.47 Å². The number of anilines is 1. The van der Waals surface area contributed by atoms with Crippen LogP contribution in [0.5, 0.6) is 11.5 Å². The quantitative estimate of drug-likeness (QED) is 0.418. The van der Waals surface area contributed by atoms with E-state index < -0.39 is 11.8 Å². The SMILES string of the molecule is COc1cc(/C=C2/C(=O)NN(c3ccccc3)C2=O)cc(Br)c1OCc1ccccc1. The standard InChI is InChI=1S/C24H19BrN2O4/c1-30-21-14-17(13-20(25)22(21)31-15-16-8-4-2-5-9-16)12-19-23(28)26-27(24(19)29)18-10-6-3-7-11-18/h2-14H,15H2,1H3,(H,26,28)/b19-12-. The Morgan fingerprint density at radius 1 is 1.00 bits per heavy atom. The maximum atomic E-state index is 12.8. The second-order valence-corrected chi connectivity index (χ2v) is 7.64. The van der Waals surface area contributed by atoms with Crippen molar-refractivity contribution in [2.45, 2.75) is 6.61 Å². The highest BCUT2D eigenvalue weighted by Gasteiger charge is 2.34. The highest BCUT2D eigenvalue weighted by Crippen LogP contribution is 2.38. The first-order chi connectivity index (χ1) is 15.1. The zero-order chi connectivity index (χ0) is 21.8. The third-order valence-electron chi connectivity index (χ3n) is 4.69. The number of methoxy groups -OCH3 is 1. The molecule has 1 heterocycles. The van der Waals surface area contributed by atoms with Crippen LogP contribution in [-0.2, 0) is 16.2 Å². The van der Waals surface area contributed by atoms with Gasteiger partial charge in [-0.3, -0.25) is 15.0 Å². The van der Waals surface area contributed by atoms with E-state index >= 15 is 0 Å². The Hall–Kier alpha value is -3.58. The summed E-state index contributed by atoms with van der Waals surface area (Å²) in [7, 11) is 1.54. The second-order valence-electron chi connectivity index (χ2n) is 6.78. The molecule has 0 atom stereocenters. The van der Waals surface area contributed by atoms with E-state index in [1.54, 1.807) is 43.5 Å². The summed E-state index contributed by atoms with van der Waals surface area (Å²) in [4.78, 5) is 25.2. The van der Waals surface area contributed by atoms with Crippen molar-refractivity contribution in [2.75, 3.05) is 12.1 Å². The number of carbonyl (C=O) groups is 2. The molecule has 0 bridgehead atoms. The number of amides is 2. The number of hydrazine groups is 1. The number of nitrogens with zero attached hydrogens (tertiary/aromatic N) is 1. The van der Waals surface area contributed by atoms with Gasteiger partial charge in [0.05, 0.1) is 17.3 Å². The van der Waals surface area contributed by atoms with Crippen LogP contribution in [0.2, 0.25) is 0 Å². The molecule has 0 radical (unpaired) electrons. The van der Waals surface area contributed by atoms with Crippen molar-refractivity contribution in [2.24, 2.45) is 0 Å². The number of benzene rings is 3. The zero-order valence-corrected chi connectivity index (χ0v) is 18.3. The van der Waals surface area contributed by atoms with Crippen molar-refractivity contribution in [1.82, 2.24) is 5.43 Å². The molecule has 156 valence electrons. The summed E-state index contributed by atoms with van der Waals surface area (Å²) < 4.78 is 12.1. The van der Waals surface area contributed by atoms with Crippen LogP contribution in [0.1, 0.15) is 11.1 Å². The molecular weight excluding hydrogens is 460 g/mol. The minimum atomic E-state index is -0.464. The number of nitrogens with one attached hydrogen (secondary N) is 1. The van der Waals surface area contributed by atoms with Gasteiger partial charge in [0, 0.05) is 0 Å². The first-order valence-corrected chi connectivity index (χ1v) is 10.3. The molecule has 1 N–H and O–H groups in total. The Morgan fingerprint density at radius 2 is 1.68 bits per heavy atom. The highest BCUT2D eigenvalue weighted by molar-refractivity contribution is 9.10. The summed E-state index contributed by atoms with van der Waals surface area (Å²) in [6.07, 6.45) is 1.54. The number of hydrogen-bond acceptors (Lipinski definition) is 4. The Morgan fingerprint density at radius 3 is 2.35 bits per heavy atom. The molecule has 2 amide bonds. The van der Waals surface area contributed by atoms with Gasteiger partial charge >= 0.3 is 0 Å². The lowest BCUT2D eigenvalue weighted by atomic mass is 10.1. The van der Waals surface area contributed by atoms with E-state index in [-0.39, 0.29) is 5.57 Å². The molecule has 0 saturated carbocycles. The van der Waals surface area contributed by atoms with Crippen LogP contribution >= 0.6 is 15.9 Å². The predicted molar refractivity (Wildman–Crippen MR) is 122 cm³/mol. The lowest BCUT2D eigenvalue weighted by Gasteiger charge is -2.14. The van der Waals surface area contributed by atoms with Gasteiger partial charge in [-0.05, 0) is 57.4 Å². The average Bonchev–Trinajstić information content (AvgIpc) is 3.07. The number of para-hydroxylation sites is 1. The van der Waals surface area contributed by atoms with E-state index in [9.17, 15) is 9.59 Å². The Balaban J connectivity index is 1.60. The van der Waals surface area contributed by atoms with E-state index in [1.807, 2.05) is 36.4 Å². The molecule has 0 spiro atoms. The van der Waals surface area contributed by atoms with Crippen molar-refractivity contribution < 1.29 is 19.1 Å². The van der Waals surface area contributed by atoms with Crippen LogP contribution < -0.4 is 19.9 Å². The lowest BCUT2D eigenvalue weighted by molar-refractivity contribution is -0.117. The summed E-state index contributed by atoms with van der Waals surface area (Å²) >= 11 is 3.51. The van der Waals surface area contributed by atoms with Gasteiger partial charge in [0.25, 0.3) is 11.8 Å². The average molecular weight is 479 g/mol. The van der Waals surface area contributed by atoms with Crippen molar-refractivity contribution in [3.05, 3.63) is 94.0 Å². The smallest absolute Gasteiger partial charge is 0.282 e. The Bertz CT molecular complexity index is 1150. The second kappa shape index (κ2) is 9.06. The number of ether oxygens (including phenoxy) is 2. The van der Waals surface area contributed by atoms with E-state index in [0.29, 0.717) is 33.8 Å². The Kier molecular flexibility index (Phi) is 6.04. The van der Waals surface area contributed by atoms with Crippen LogP contribution in [0.25, 0.3) is 6.08 Å². The highest BCUT2D eigenvalue weighted by atomic mass is 79.9. The van der Waals surface area contributed by atoms with E-state index in [0.717, 1.165) is 5.56 Å². The number of rotatable bonds is 6. The number of hydrogen-bond donors (Lipinski definition) is 1. The van der Waals surface area contributed by atoms with Gasteiger partial charge in [-0.25, -0.2) is 5.01 Å². The van der Waals surface area contributed by atoms with Gasteiger partial charge in [-0.15, -0.1) is 0 Å². The molecule has 1 saturated heterocycles. The predicted octanol–water partition coefficient (Wildman–Crippen LogP) is 4.50. The molecule has 0 aliphatic carbocycles. The van der Waals surface area contributed by atoms with Crippen LogP contribution in [0.4, 0.5) is 5.69 Å². The van der Waals surface area contributed by atoms with Crippen LogP contribution in [0, 0.1) is 0 Å². The number of carbonyl (C=O) groups excluding carboxylic acids is 2. The third kappa shape index (κ3) is 4.46. The van der Waals surface area contributed by atoms with Crippen LogP contribution in [0.15, 0.2) is 82.8 Å². The van der Waals surface area contributed by atoms with Gasteiger partial charge in [0.2, 0.25) is 0 Å². The molecule has 7 heteroatoms. The molecule has 1 aliphatic heterocycles. The lowest BCUT2D eigenvalue weighted by Crippen LogP contribution is -2.35. The molecule has 4 rings (SSSR count). The summed E-state index contributed by atoms with van der Waals surface area (Å²) in [6.45, 7) is 0.378. The maximum Gasteiger partial charge on any atom is 0.282 e. The van der Waals surface area contributed by atoms with Crippen molar-refractivity contribution >= 4 is 39.5 Å². The molecule has 1 aliphatic rings. The van der Waals surface area contributed by atoms with Gasteiger partial charge in [-0.1, -0.05) is 48.5 Å². The molecule has 0 aromatic heterocycles. The topological polar surface area (TPSA) is 67.9 Å². The molecule has 3 aromatic carbocycles. The fourth-order valence-corrected chi connectivity index (χ4v) is 3.75. The maximum absolute atomic E-state index is 12.8. The van der Waals surface area contributed by atoms with Gasteiger partial charge in [-0.2, -0.15) is 0 Å². The summed E-state index contributed by atoms with van der Waals surface area (Å²) in [5.74, 6) is 0.147. The Labute approximate surface area is 188 Å². The molecular formula is C24H19BrN2O4. The normalized spacial score (nSPS) is 14.6. The minimum absolute atomic E-state index is 0.0377. The minimum Gasteiger partial charge on any atom is -0.493 e. The third-order valence-corrected chi connectivity index (χ3v) is 5.28. The van der Waals surface area contributed by atoms with Crippen molar-refractivity contribution in [3.63, 3.8) is 0 Å². The summed E-state index contributed by atoms with van der Waals surface area (Å²) in [6, 6.07) is 22.2. The molecule has 3 aromatic rings. The number of halogens is 1.